The van der Waals surface area contributed by atoms with Gasteiger partial charge in [0.2, 0.25) is 0 Å². The van der Waals surface area contributed by atoms with Crippen molar-refractivity contribution in [2.45, 2.75) is 33.6 Å². The van der Waals surface area contributed by atoms with E-state index in [-0.39, 0.29) is 5.41 Å². The summed E-state index contributed by atoms with van der Waals surface area (Å²) >= 11 is 0. The van der Waals surface area contributed by atoms with Crippen LogP contribution in [0.3, 0.4) is 0 Å². The second-order valence-electron chi connectivity index (χ2n) is 6.21. The smallest absolute Gasteiger partial charge is 0.335 e. The number of hydrogen-bond donors (Lipinski definition) is 1. The molecule has 0 aliphatic heterocycles. The Morgan fingerprint density at radius 3 is 2.21 bits per heavy atom. The first kappa shape index (κ1) is 13.6. The van der Waals surface area contributed by atoms with E-state index in [9.17, 15) is 4.79 Å². The molecule has 0 aliphatic carbocycles. The Bertz CT molecular complexity index is 621. The van der Waals surface area contributed by atoms with Gasteiger partial charge >= 0.3 is 5.97 Å². The fourth-order valence-electron chi connectivity index (χ4n) is 2.17. The molecule has 0 radical (unpaired) electrons. The van der Waals surface area contributed by atoms with Crippen LogP contribution in [0.2, 0.25) is 0 Å². The topological polar surface area (TPSA) is 37.3 Å². The zero-order valence-corrected chi connectivity index (χ0v) is 11.9. The lowest BCUT2D eigenvalue weighted by Gasteiger charge is -2.27. The first-order valence-electron chi connectivity index (χ1n) is 6.56. The van der Waals surface area contributed by atoms with Crippen molar-refractivity contribution in [1.82, 2.24) is 0 Å². The van der Waals surface area contributed by atoms with Crippen molar-refractivity contribution in [3.8, 4) is 0 Å². The minimum Gasteiger partial charge on any atom is -0.478 e. The molecule has 1 N–H and O–H groups in total. The van der Waals surface area contributed by atoms with Crippen molar-refractivity contribution in [2.75, 3.05) is 0 Å². The third-order valence-corrected chi connectivity index (χ3v) is 3.91. The zero-order chi connectivity index (χ0) is 14.2. The number of hydrogen-bond acceptors (Lipinski definition) is 1. The van der Waals surface area contributed by atoms with Crippen molar-refractivity contribution < 1.29 is 9.90 Å². The summed E-state index contributed by atoms with van der Waals surface area (Å²) in [5, 5.41) is 11.1. The van der Waals surface area contributed by atoms with Crippen LogP contribution in [-0.2, 0) is 0 Å². The molecule has 0 bridgehead atoms. The Morgan fingerprint density at radius 2 is 1.63 bits per heavy atom. The van der Waals surface area contributed by atoms with Crippen LogP contribution in [0.4, 0.5) is 0 Å². The number of fused-ring (bicyclic) bond motifs is 1. The molecule has 100 valence electrons. The predicted octanol–water partition coefficient (Wildman–Crippen LogP) is 4.69. The molecular weight excluding hydrogens is 236 g/mol. The molecule has 0 aromatic heterocycles. The van der Waals surface area contributed by atoms with Crippen molar-refractivity contribution >= 4 is 16.7 Å². The fourth-order valence-corrected chi connectivity index (χ4v) is 2.17. The summed E-state index contributed by atoms with van der Waals surface area (Å²) < 4.78 is 0. The Labute approximate surface area is 114 Å². The summed E-state index contributed by atoms with van der Waals surface area (Å²) in [6.45, 7) is 8.92. The molecule has 1 atom stereocenters. The van der Waals surface area contributed by atoms with Gasteiger partial charge in [0.25, 0.3) is 0 Å². The second kappa shape index (κ2) is 4.69. The van der Waals surface area contributed by atoms with Gasteiger partial charge in [-0.2, -0.15) is 0 Å². The molecule has 2 aromatic carbocycles. The minimum atomic E-state index is -0.881. The SMILES string of the molecule is CC(c1ccc2cc(C(=O)O)ccc2c1)C(C)(C)C. The van der Waals surface area contributed by atoms with Crippen LogP contribution in [0.5, 0.6) is 0 Å². The lowest BCUT2D eigenvalue weighted by atomic mass is 9.77. The van der Waals surface area contributed by atoms with Crippen LogP contribution in [0, 0.1) is 5.41 Å². The predicted molar refractivity (Wildman–Crippen MR) is 78.8 cm³/mol. The molecule has 0 amide bonds. The first-order valence-corrected chi connectivity index (χ1v) is 6.56. The maximum absolute atomic E-state index is 11.0. The van der Waals surface area contributed by atoms with Crippen LogP contribution in [0.15, 0.2) is 36.4 Å². The number of aromatic carboxylic acids is 1. The second-order valence-corrected chi connectivity index (χ2v) is 6.21. The van der Waals surface area contributed by atoms with Gasteiger partial charge in [0.15, 0.2) is 0 Å². The molecule has 1 unspecified atom stereocenters. The largest absolute Gasteiger partial charge is 0.478 e. The van der Waals surface area contributed by atoms with E-state index < -0.39 is 5.97 Å². The first-order chi connectivity index (χ1) is 8.79. The summed E-state index contributed by atoms with van der Waals surface area (Å²) in [6.07, 6.45) is 0. The average molecular weight is 256 g/mol. The number of carboxylic acid groups (broad SMARTS) is 1. The fraction of sp³-hybridized carbons (Fsp3) is 0.353. The summed E-state index contributed by atoms with van der Waals surface area (Å²) in [6, 6.07) is 11.6. The number of carboxylic acids is 1. The zero-order valence-electron chi connectivity index (χ0n) is 11.9. The summed E-state index contributed by atoms with van der Waals surface area (Å²) in [7, 11) is 0. The summed E-state index contributed by atoms with van der Waals surface area (Å²) in [5.74, 6) is -0.426. The standard InChI is InChI=1S/C17H20O2/c1-11(17(2,3)4)12-5-6-14-10-15(16(18)19)8-7-13(14)9-12/h5-11H,1-4H3,(H,18,19). The molecule has 2 nitrogen and oxygen atoms in total. The molecule has 2 aromatic rings. The monoisotopic (exact) mass is 256 g/mol. The van der Waals surface area contributed by atoms with Gasteiger partial charge in [0, 0.05) is 0 Å². The molecule has 0 saturated heterocycles. The van der Waals surface area contributed by atoms with Crippen LogP contribution >= 0.6 is 0 Å². The van der Waals surface area contributed by atoms with Gasteiger partial charge in [-0.05, 0) is 39.8 Å². The van der Waals surface area contributed by atoms with E-state index in [1.54, 1.807) is 12.1 Å². The Kier molecular flexibility index (Phi) is 3.36. The van der Waals surface area contributed by atoms with Crippen molar-refractivity contribution in [2.24, 2.45) is 5.41 Å². The van der Waals surface area contributed by atoms with Crippen LogP contribution in [0.1, 0.15) is 49.5 Å². The van der Waals surface area contributed by atoms with E-state index in [1.165, 1.54) is 5.56 Å². The highest BCUT2D eigenvalue weighted by molar-refractivity contribution is 5.94. The maximum atomic E-state index is 11.0. The van der Waals surface area contributed by atoms with Gasteiger partial charge in [0.05, 0.1) is 5.56 Å². The van der Waals surface area contributed by atoms with Crippen molar-refractivity contribution in [1.29, 1.82) is 0 Å². The number of rotatable bonds is 2. The van der Waals surface area contributed by atoms with Crippen LogP contribution < -0.4 is 0 Å². The highest BCUT2D eigenvalue weighted by Gasteiger charge is 2.21. The van der Waals surface area contributed by atoms with Crippen molar-refractivity contribution in [3.63, 3.8) is 0 Å². The molecule has 19 heavy (non-hydrogen) atoms. The van der Waals surface area contributed by atoms with E-state index in [2.05, 4.69) is 39.8 Å². The van der Waals surface area contributed by atoms with Crippen molar-refractivity contribution in [3.05, 3.63) is 47.5 Å². The van der Waals surface area contributed by atoms with Gasteiger partial charge < -0.3 is 5.11 Å². The third kappa shape index (κ3) is 2.78. The molecule has 2 rings (SSSR count). The Morgan fingerprint density at radius 1 is 1.05 bits per heavy atom. The van der Waals surface area contributed by atoms with Gasteiger partial charge in [-0.25, -0.2) is 4.79 Å². The van der Waals surface area contributed by atoms with Gasteiger partial charge in [-0.15, -0.1) is 0 Å². The molecule has 0 saturated carbocycles. The van der Waals surface area contributed by atoms with Crippen LogP contribution in [0.25, 0.3) is 10.8 Å². The van der Waals surface area contributed by atoms with E-state index in [4.69, 9.17) is 5.11 Å². The maximum Gasteiger partial charge on any atom is 0.335 e. The quantitative estimate of drug-likeness (QED) is 0.846. The lowest BCUT2D eigenvalue weighted by Crippen LogP contribution is -2.15. The average Bonchev–Trinajstić information content (AvgIpc) is 2.35. The normalized spacial score (nSPS) is 13.5. The van der Waals surface area contributed by atoms with Gasteiger partial charge in [-0.1, -0.05) is 52.0 Å². The van der Waals surface area contributed by atoms with E-state index in [0.717, 1.165) is 10.8 Å². The molecular formula is C17H20O2. The minimum absolute atomic E-state index is 0.217. The van der Waals surface area contributed by atoms with Crippen LogP contribution in [-0.4, -0.2) is 11.1 Å². The summed E-state index contributed by atoms with van der Waals surface area (Å²) in [4.78, 5) is 11.0. The molecule has 0 aliphatic rings. The number of carbonyl (C=O) groups is 1. The van der Waals surface area contributed by atoms with E-state index in [0.29, 0.717) is 11.5 Å². The molecule has 2 heteroatoms. The third-order valence-electron chi connectivity index (χ3n) is 3.91. The summed E-state index contributed by atoms with van der Waals surface area (Å²) in [5.41, 5.74) is 1.85. The van der Waals surface area contributed by atoms with E-state index >= 15 is 0 Å². The van der Waals surface area contributed by atoms with E-state index in [1.807, 2.05) is 12.1 Å². The highest BCUT2D eigenvalue weighted by atomic mass is 16.4. The molecule has 0 fully saturated rings. The molecule has 0 heterocycles. The Hall–Kier alpha value is -1.83. The molecule has 0 spiro atoms. The highest BCUT2D eigenvalue weighted by Crippen LogP contribution is 2.35. The van der Waals surface area contributed by atoms with Gasteiger partial charge in [0.1, 0.15) is 0 Å². The Balaban J connectivity index is 2.48. The lowest BCUT2D eigenvalue weighted by molar-refractivity contribution is 0.0697. The van der Waals surface area contributed by atoms with Gasteiger partial charge in [-0.3, -0.25) is 0 Å². The number of benzene rings is 2.